The van der Waals surface area contributed by atoms with Crippen LogP contribution < -0.4 is 25.0 Å². The molecule has 2 aliphatic rings. The van der Waals surface area contributed by atoms with Gasteiger partial charge < -0.3 is 20.1 Å². The molecule has 0 unspecified atom stereocenters. The molecule has 3 aromatic carbocycles. The Morgan fingerprint density at radius 3 is 2.61 bits per heavy atom. The van der Waals surface area contributed by atoms with E-state index in [4.69, 9.17) is 21.7 Å². The van der Waals surface area contributed by atoms with Crippen molar-refractivity contribution >= 4 is 34.6 Å². The number of methoxy groups -OCH3 is 1. The van der Waals surface area contributed by atoms with Crippen LogP contribution in [0.1, 0.15) is 24.1 Å². The summed E-state index contributed by atoms with van der Waals surface area (Å²) in [6, 6.07) is 22.8. The third-order valence-electron chi connectivity index (χ3n) is 6.31. The molecule has 3 atom stereocenters. The molecule has 2 bridgehead atoms. The van der Waals surface area contributed by atoms with Gasteiger partial charge in [-0.15, -0.1) is 0 Å². The predicted octanol–water partition coefficient (Wildman–Crippen LogP) is 4.80. The molecule has 2 aliphatic heterocycles. The van der Waals surface area contributed by atoms with E-state index in [1.54, 1.807) is 7.11 Å². The highest BCUT2D eigenvalue weighted by molar-refractivity contribution is 7.80. The Balaban J connectivity index is 1.59. The molecule has 1 saturated heterocycles. The minimum absolute atomic E-state index is 0.158. The van der Waals surface area contributed by atoms with Crippen molar-refractivity contribution in [2.75, 3.05) is 17.3 Å². The van der Waals surface area contributed by atoms with Gasteiger partial charge in [0, 0.05) is 16.9 Å². The Morgan fingerprint density at radius 1 is 1.12 bits per heavy atom. The number of benzene rings is 3. The van der Waals surface area contributed by atoms with Crippen LogP contribution in [0, 0.1) is 12.8 Å². The van der Waals surface area contributed by atoms with Crippen LogP contribution in [0.4, 0.5) is 11.4 Å². The average molecular weight is 460 g/mol. The van der Waals surface area contributed by atoms with Gasteiger partial charge in [0.05, 0.1) is 13.2 Å². The maximum absolute atomic E-state index is 13.8. The summed E-state index contributed by atoms with van der Waals surface area (Å²) in [4.78, 5) is 15.7. The molecule has 0 spiro atoms. The number of amides is 1. The number of aryl methyl sites for hydroxylation is 1. The molecular weight excluding hydrogens is 434 g/mol. The molecule has 0 aromatic heterocycles. The molecule has 0 saturated carbocycles. The second-order valence-electron chi connectivity index (χ2n) is 8.49. The summed E-state index contributed by atoms with van der Waals surface area (Å²) in [5.74, 6) is 0.729. The van der Waals surface area contributed by atoms with Gasteiger partial charge in [0.25, 0.3) is 0 Å². The largest absolute Gasteiger partial charge is 0.497 e. The molecule has 1 amide bonds. The molecule has 5 rings (SSSR count). The van der Waals surface area contributed by atoms with Crippen molar-refractivity contribution in [3.8, 4) is 11.5 Å². The molecule has 6 nitrogen and oxygen atoms in total. The first-order valence-corrected chi connectivity index (χ1v) is 11.2. The summed E-state index contributed by atoms with van der Waals surface area (Å²) in [5.41, 5.74) is 2.53. The summed E-state index contributed by atoms with van der Waals surface area (Å²) >= 11 is 5.79. The van der Waals surface area contributed by atoms with Gasteiger partial charge in [0.2, 0.25) is 5.91 Å². The summed E-state index contributed by atoms with van der Waals surface area (Å²) < 4.78 is 11.8. The fourth-order valence-electron chi connectivity index (χ4n) is 4.78. The SMILES string of the molecule is COc1ccc(NC(=O)[C@H]2[C@@H]3NC(=S)N(c4cccc(C)c4)[C@@]2(C)Oc2ccccc23)cc1. The monoisotopic (exact) mass is 459 g/mol. The molecule has 1 fully saturated rings. The van der Waals surface area contributed by atoms with E-state index in [2.05, 4.69) is 10.6 Å². The first-order chi connectivity index (χ1) is 15.9. The lowest BCUT2D eigenvalue weighted by Gasteiger charge is -2.56. The summed E-state index contributed by atoms with van der Waals surface area (Å²) in [5, 5.41) is 7.01. The molecule has 0 aliphatic carbocycles. The normalized spacial score (nSPS) is 23.1. The van der Waals surface area contributed by atoms with Crippen LogP contribution in [0.5, 0.6) is 11.5 Å². The van der Waals surface area contributed by atoms with Gasteiger partial charge in [-0.05, 0) is 74.1 Å². The van der Waals surface area contributed by atoms with Crippen LogP contribution in [-0.4, -0.2) is 23.9 Å². The maximum atomic E-state index is 13.8. The smallest absolute Gasteiger partial charge is 0.236 e. The summed E-state index contributed by atoms with van der Waals surface area (Å²) in [7, 11) is 1.61. The van der Waals surface area contributed by atoms with Crippen LogP contribution >= 0.6 is 12.2 Å². The molecule has 2 N–H and O–H groups in total. The van der Waals surface area contributed by atoms with Crippen LogP contribution in [0.25, 0.3) is 0 Å². The van der Waals surface area contributed by atoms with Gasteiger partial charge in [-0.2, -0.15) is 0 Å². The van der Waals surface area contributed by atoms with E-state index in [9.17, 15) is 4.79 Å². The van der Waals surface area contributed by atoms with Crippen molar-refractivity contribution in [1.29, 1.82) is 0 Å². The third-order valence-corrected chi connectivity index (χ3v) is 6.61. The van der Waals surface area contributed by atoms with Gasteiger partial charge in [-0.1, -0.05) is 30.3 Å². The van der Waals surface area contributed by atoms with Crippen LogP contribution in [0.2, 0.25) is 0 Å². The van der Waals surface area contributed by atoms with Gasteiger partial charge >= 0.3 is 0 Å². The molecular formula is C26H25N3O3S. The van der Waals surface area contributed by atoms with Gasteiger partial charge in [-0.25, -0.2) is 0 Å². The number of nitrogens with one attached hydrogen (secondary N) is 2. The molecule has 168 valence electrons. The zero-order chi connectivity index (χ0) is 23.2. The maximum Gasteiger partial charge on any atom is 0.236 e. The van der Waals surface area contributed by atoms with E-state index in [0.717, 1.165) is 28.3 Å². The number of hydrogen-bond acceptors (Lipinski definition) is 4. The van der Waals surface area contributed by atoms with E-state index in [1.807, 2.05) is 91.5 Å². The van der Waals surface area contributed by atoms with E-state index in [1.165, 1.54) is 0 Å². The molecule has 0 radical (unpaired) electrons. The van der Waals surface area contributed by atoms with Crippen LogP contribution in [-0.2, 0) is 4.79 Å². The minimum Gasteiger partial charge on any atom is -0.497 e. The Hall–Kier alpha value is -3.58. The molecule has 2 heterocycles. The number of para-hydroxylation sites is 1. The van der Waals surface area contributed by atoms with E-state index in [0.29, 0.717) is 10.8 Å². The fraction of sp³-hybridized carbons (Fsp3) is 0.231. The molecule has 33 heavy (non-hydrogen) atoms. The lowest BCUT2D eigenvalue weighted by Crippen LogP contribution is -2.72. The Bertz CT molecular complexity index is 1230. The number of thiocarbonyl (C=S) groups is 1. The second kappa shape index (κ2) is 8.08. The zero-order valence-corrected chi connectivity index (χ0v) is 19.5. The van der Waals surface area contributed by atoms with E-state index >= 15 is 0 Å². The standard InChI is InChI=1S/C26H25N3O3S/c1-16-7-6-8-18(15-16)29-25(33)28-23-20-9-4-5-10-21(20)32-26(29,2)22(23)24(30)27-17-11-13-19(31-3)14-12-17/h4-15,22-23H,1-3H3,(H,27,30)(H,28,33)/t22-,23-,26+/m1/s1. The predicted molar refractivity (Wildman–Crippen MR) is 133 cm³/mol. The lowest BCUT2D eigenvalue weighted by molar-refractivity contribution is -0.130. The fourth-order valence-corrected chi connectivity index (χ4v) is 5.19. The van der Waals surface area contributed by atoms with E-state index in [-0.39, 0.29) is 11.9 Å². The van der Waals surface area contributed by atoms with Crippen molar-refractivity contribution < 1.29 is 14.3 Å². The minimum atomic E-state index is -1.04. The van der Waals surface area contributed by atoms with Gasteiger partial charge in [-0.3, -0.25) is 9.69 Å². The van der Waals surface area contributed by atoms with Crippen molar-refractivity contribution in [3.05, 3.63) is 83.9 Å². The lowest BCUT2D eigenvalue weighted by atomic mass is 9.78. The topological polar surface area (TPSA) is 62.8 Å². The van der Waals surface area contributed by atoms with Crippen molar-refractivity contribution in [2.24, 2.45) is 5.92 Å². The first-order valence-electron chi connectivity index (χ1n) is 10.8. The quantitative estimate of drug-likeness (QED) is 0.547. The third kappa shape index (κ3) is 3.58. The number of carbonyl (C=O) groups excluding carboxylic acids is 1. The average Bonchev–Trinajstić information content (AvgIpc) is 2.79. The highest BCUT2D eigenvalue weighted by Crippen LogP contribution is 2.49. The number of hydrogen-bond donors (Lipinski definition) is 2. The Morgan fingerprint density at radius 2 is 1.88 bits per heavy atom. The highest BCUT2D eigenvalue weighted by Gasteiger charge is 2.59. The van der Waals surface area contributed by atoms with Crippen LogP contribution in [0.15, 0.2) is 72.8 Å². The number of nitrogens with zero attached hydrogens (tertiary/aromatic N) is 1. The van der Waals surface area contributed by atoms with Gasteiger partial charge in [0.1, 0.15) is 17.4 Å². The van der Waals surface area contributed by atoms with Crippen molar-refractivity contribution in [3.63, 3.8) is 0 Å². The van der Waals surface area contributed by atoms with Crippen molar-refractivity contribution in [1.82, 2.24) is 5.32 Å². The molecule has 7 heteroatoms. The highest BCUT2D eigenvalue weighted by atomic mass is 32.1. The summed E-state index contributed by atoms with van der Waals surface area (Å²) in [6.45, 7) is 3.96. The van der Waals surface area contributed by atoms with Crippen LogP contribution in [0.3, 0.4) is 0 Å². The number of rotatable bonds is 4. The number of anilines is 2. The van der Waals surface area contributed by atoms with Crippen molar-refractivity contribution in [2.45, 2.75) is 25.6 Å². The zero-order valence-electron chi connectivity index (χ0n) is 18.7. The molecule has 3 aromatic rings. The second-order valence-corrected chi connectivity index (χ2v) is 8.88. The number of ether oxygens (including phenoxy) is 2. The Kier molecular flexibility index (Phi) is 5.21. The van der Waals surface area contributed by atoms with E-state index < -0.39 is 11.6 Å². The first kappa shape index (κ1) is 21.3. The van der Waals surface area contributed by atoms with Gasteiger partial charge in [0.15, 0.2) is 10.8 Å². The number of carbonyl (C=O) groups is 1. The summed E-state index contributed by atoms with van der Waals surface area (Å²) in [6.07, 6.45) is 0. The Labute approximate surface area is 198 Å². The number of fused-ring (bicyclic) bond motifs is 4.